The summed E-state index contributed by atoms with van der Waals surface area (Å²) in [5.41, 5.74) is 0. The Labute approximate surface area is 77.7 Å². The molecule has 0 aliphatic rings. The van der Waals surface area contributed by atoms with Gasteiger partial charge in [-0.1, -0.05) is 13.8 Å². The molecule has 0 fully saturated rings. The molecule has 0 unspecified atom stereocenters. The van der Waals surface area contributed by atoms with E-state index in [1.54, 1.807) is 6.92 Å². The molecule has 1 nitrogen and oxygen atoms in total. The molecule has 0 amide bonds. The second-order valence-corrected chi connectivity index (χ2v) is 3.87. The molecule has 1 N–H and O–H groups in total. The molecule has 80 valence electrons. The average Bonchev–Trinajstić information content (AvgIpc) is 1.95. The highest BCUT2D eigenvalue weighted by Crippen LogP contribution is 2.13. The van der Waals surface area contributed by atoms with Crippen LogP contribution in [0.5, 0.6) is 0 Å². The van der Waals surface area contributed by atoms with Gasteiger partial charge in [0.15, 0.2) is 0 Å². The lowest BCUT2D eigenvalue weighted by molar-refractivity contribution is -0.126. The van der Waals surface area contributed by atoms with Gasteiger partial charge in [-0.25, -0.2) is 0 Å². The Balaban J connectivity index is 3.46. The summed E-state index contributed by atoms with van der Waals surface area (Å²) in [4.78, 5) is 0. The molecule has 0 saturated carbocycles. The van der Waals surface area contributed by atoms with Crippen molar-refractivity contribution in [2.45, 2.75) is 45.8 Å². The van der Waals surface area contributed by atoms with Crippen LogP contribution in [-0.2, 0) is 0 Å². The molecule has 0 aromatic heterocycles. The molecule has 0 heterocycles. The smallest absolute Gasteiger partial charge is 0.306 e. The molecular formula is C9H18F3N. The first kappa shape index (κ1) is 12.8. The molecule has 0 spiro atoms. The number of alkyl halides is 3. The molecule has 4 heteroatoms. The molecule has 0 aliphatic heterocycles. The van der Waals surface area contributed by atoms with Gasteiger partial charge in [0.1, 0.15) is 0 Å². The van der Waals surface area contributed by atoms with Crippen LogP contribution in [0.15, 0.2) is 0 Å². The van der Waals surface area contributed by atoms with Crippen LogP contribution >= 0.6 is 0 Å². The van der Waals surface area contributed by atoms with Gasteiger partial charge in [0.05, 0.1) is 6.54 Å². The lowest BCUT2D eigenvalue weighted by Gasteiger charge is -2.16. The average molecular weight is 197 g/mol. The third-order valence-corrected chi connectivity index (χ3v) is 1.83. The van der Waals surface area contributed by atoms with Crippen LogP contribution in [0.4, 0.5) is 13.2 Å². The van der Waals surface area contributed by atoms with E-state index in [1.807, 2.05) is 0 Å². The monoisotopic (exact) mass is 197 g/mol. The molecule has 0 aromatic rings. The van der Waals surface area contributed by atoms with E-state index >= 15 is 0 Å². The van der Waals surface area contributed by atoms with Gasteiger partial charge in [-0.3, -0.25) is 0 Å². The van der Waals surface area contributed by atoms with Crippen molar-refractivity contribution in [3.63, 3.8) is 0 Å². The molecule has 0 aromatic carbocycles. The summed E-state index contributed by atoms with van der Waals surface area (Å²) in [6, 6.07) is -0.0518. The SMILES string of the molecule is CC(C)CC[C@@H](C)NCC(F)(F)F. The zero-order valence-electron chi connectivity index (χ0n) is 8.41. The molecular weight excluding hydrogens is 179 g/mol. The highest BCUT2D eigenvalue weighted by Gasteiger charge is 2.27. The highest BCUT2D eigenvalue weighted by molar-refractivity contribution is 4.64. The van der Waals surface area contributed by atoms with Crippen LogP contribution in [0.3, 0.4) is 0 Å². The van der Waals surface area contributed by atoms with Crippen LogP contribution in [0, 0.1) is 5.92 Å². The maximum atomic E-state index is 11.8. The minimum Gasteiger partial charge on any atom is -0.306 e. The van der Waals surface area contributed by atoms with Crippen molar-refractivity contribution >= 4 is 0 Å². The van der Waals surface area contributed by atoms with Crippen molar-refractivity contribution in [1.29, 1.82) is 0 Å². The van der Waals surface area contributed by atoms with Gasteiger partial charge < -0.3 is 5.32 Å². The van der Waals surface area contributed by atoms with Gasteiger partial charge >= 0.3 is 6.18 Å². The molecule has 0 aliphatic carbocycles. The number of hydrogen-bond donors (Lipinski definition) is 1. The van der Waals surface area contributed by atoms with E-state index in [4.69, 9.17) is 0 Å². The molecule has 0 rings (SSSR count). The first-order valence-electron chi connectivity index (χ1n) is 4.61. The minimum atomic E-state index is -4.09. The van der Waals surface area contributed by atoms with E-state index < -0.39 is 12.7 Å². The highest BCUT2D eigenvalue weighted by atomic mass is 19.4. The van der Waals surface area contributed by atoms with Crippen molar-refractivity contribution in [1.82, 2.24) is 5.32 Å². The Morgan fingerprint density at radius 1 is 1.08 bits per heavy atom. The summed E-state index contributed by atoms with van der Waals surface area (Å²) >= 11 is 0. The quantitative estimate of drug-likeness (QED) is 0.714. The first-order valence-corrected chi connectivity index (χ1v) is 4.61. The minimum absolute atomic E-state index is 0.0518. The molecule has 0 saturated heterocycles. The van der Waals surface area contributed by atoms with Gasteiger partial charge in [-0.2, -0.15) is 13.2 Å². The second kappa shape index (κ2) is 5.47. The van der Waals surface area contributed by atoms with Crippen LogP contribution < -0.4 is 5.32 Å². The van der Waals surface area contributed by atoms with E-state index in [1.165, 1.54) is 0 Å². The van der Waals surface area contributed by atoms with Gasteiger partial charge in [0.25, 0.3) is 0 Å². The van der Waals surface area contributed by atoms with E-state index in [-0.39, 0.29) is 6.04 Å². The predicted molar refractivity (Wildman–Crippen MR) is 47.6 cm³/mol. The zero-order chi connectivity index (χ0) is 10.5. The Hall–Kier alpha value is -0.250. The standard InChI is InChI=1S/C9H18F3N/c1-7(2)4-5-8(3)13-6-9(10,11)12/h7-8,13H,4-6H2,1-3H3/t8-/m1/s1. The van der Waals surface area contributed by atoms with Gasteiger partial charge in [0.2, 0.25) is 0 Å². The van der Waals surface area contributed by atoms with Crippen LogP contribution in [0.1, 0.15) is 33.6 Å². The molecule has 0 radical (unpaired) electrons. The second-order valence-electron chi connectivity index (χ2n) is 3.87. The van der Waals surface area contributed by atoms with Crippen molar-refractivity contribution in [2.75, 3.05) is 6.54 Å². The van der Waals surface area contributed by atoms with Crippen molar-refractivity contribution in [3.05, 3.63) is 0 Å². The van der Waals surface area contributed by atoms with E-state index in [0.717, 1.165) is 12.8 Å². The van der Waals surface area contributed by atoms with Gasteiger partial charge in [0, 0.05) is 6.04 Å². The predicted octanol–water partition coefficient (Wildman–Crippen LogP) is 2.96. The number of halogens is 3. The number of nitrogens with one attached hydrogen (secondary N) is 1. The maximum absolute atomic E-state index is 11.8. The van der Waals surface area contributed by atoms with E-state index in [0.29, 0.717) is 5.92 Å². The summed E-state index contributed by atoms with van der Waals surface area (Å²) in [7, 11) is 0. The van der Waals surface area contributed by atoms with Crippen molar-refractivity contribution in [2.24, 2.45) is 5.92 Å². The lowest BCUT2D eigenvalue weighted by atomic mass is 10.0. The normalized spacial score (nSPS) is 15.0. The van der Waals surface area contributed by atoms with Crippen LogP contribution in [-0.4, -0.2) is 18.8 Å². The Morgan fingerprint density at radius 3 is 2.00 bits per heavy atom. The summed E-state index contributed by atoms with van der Waals surface area (Å²) < 4.78 is 35.3. The third kappa shape index (κ3) is 9.67. The third-order valence-electron chi connectivity index (χ3n) is 1.83. The summed E-state index contributed by atoms with van der Waals surface area (Å²) in [6.45, 7) is 5.04. The van der Waals surface area contributed by atoms with Gasteiger partial charge in [-0.15, -0.1) is 0 Å². The summed E-state index contributed by atoms with van der Waals surface area (Å²) in [5, 5.41) is 2.45. The lowest BCUT2D eigenvalue weighted by Crippen LogP contribution is -2.35. The fourth-order valence-corrected chi connectivity index (χ4v) is 0.975. The zero-order valence-corrected chi connectivity index (χ0v) is 8.41. The first-order chi connectivity index (χ1) is 5.81. The summed E-state index contributed by atoms with van der Waals surface area (Å²) in [5.74, 6) is 0.551. The topological polar surface area (TPSA) is 12.0 Å². The number of hydrogen-bond acceptors (Lipinski definition) is 1. The fourth-order valence-electron chi connectivity index (χ4n) is 0.975. The Morgan fingerprint density at radius 2 is 1.62 bits per heavy atom. The van der Waals surface area contributed by atoms with Crippen LogP contribution in [0.25, 0.3) is 0 Å². The summed E-state index contributed by atoms with van der Waals surface area (Å²) in [6.07, 6.45) is -2.33. The molecule has 13 heavy (non-hydrogen) atoms. The van der Waals surface area contributed by atoms with Gasteiger partial charge in [-0.05, 0) is 25.7 Å². The fraction of sp³-hybridized carbons (Fsp3) is 1.00. The molecule has 1 atom stereocenters. The van der Waals surface area contributed by atoms with E-state index in [9.17, 15) is 13.2 Å². The van der Waals surface area contributed by atoms with Crippen molar-refractivity contribution in [3.8, 4) is 0 Å². The maximum Gasteiger partial charge on any atom is 0.401 e. The van der Waals surface area contributed by atoms with Crippen molar-refractivity contribution < 1.29 is 13.2 Å². The number of rotatable bonds is 5. The largest absolute Gasteiger partial charge is 0.401 e. The Bertz CT molecular complexity index is 131. The molecule has 0 bridgehead atoms. The Kier molecular flexibility index (Phi) is 5.37. The van der Waals surface area contributed by atoms with Crippen LogP contribution in [0.2, 0.25) is 0 Å². The van der Waals surface area contributed by atoms with E-state index in [2.05, 4.69) is 19.2 Å².